The van der Waals surface area contributed by atoms with E-state index < -0.39 is 10.0 Å². The zero-order chi connectivity index (χ0) is 19.1. The van der Waals surface area contributed by atoms with E-state index in [9.17, 15) is 13.2 Å². The first-order valence-electron chi connectivity index (χ1n) is 8.62. The molecule has 142 valence electrons. The SMILES string of the molecule is O=C(/C=C/c1ccc(S(=O)(=O)NC2CC2)cc1)NCCNc1ncccn1. The third-order valence-corrected chi connectivity index (χ3v) is 5.33. The molecule has 0 aliphatic heterocycles. The number of sulfonamides is 1. The lowest BCUT2D eigenvalue weighted by atomic mass is 10.2. The Kier molecular flexibility index (Phi) is 6.15. The molecule has 27 heavy (non-hydrogen) atoms. The minimum absolute atomic E-state index is 0.0706. The number of amides is 1. The van der Waals surface area contributed by atoms with Crippen LogP contribution in [-0.4, -0.2) is 43.4 Å². The van der Waals surface area contributed by atoms with Gasteiger partial charge in [0.1, 0.15) is 0 Å². The predicted molar refractivity (Wildman–Crippen MR) is 102 cm³/mol. The van der Waals surface area contributed by atoms with Gasteiger partial charge in [0.05, 0.1) is 4.90 Å². The summed E-state index contributed by atoms with van der Waals surface area (Å²) in [4.78, 5) is 20.1. The highest BCUT2D eigenvalue weighted by molar-refractivity contribution is 7.89. The monoisotopic (exact) mass is 387 g/mol. The van der Waals surface area contributed by atoms with Gasteiger partial charge < -0.3 is 10.6 Å². The Morgan fingerprint density at radius 1 is 1.11 bits per heavy atom. The van der Waals surface area contributed by atoms with Crippen molar-refractivity contribution in [3.8, 4) is 0 Å². The molecule has 0 bridgehead atoms. The number of nitrogens with one attached hydrogen (secondary N) is 3. The summed E-state index contributed by atoms with van der Waals surface area (Å²) >= 11 is 0. The lowest BCUT2D eigenvalue weighted by Crippen LogP contribution is -2.27. The number of aromatic nitrogens is 2. The number of benzene rings is 1. The lowest BCUT2D eigenvalue weighted by molar-refractivity contribution is -0.116. The number of hydrogen-bond acceptors (Lipinski definition) is 6. The molecule has 1 aromatic heterocycles. The molecule has 0 unspecified atom stereocenters. The Balaban J connectivity index is 1.43. The van der Waals surface area contributed by atoms with E-state index in [2.05, 4.69) is 25.3 Å². The summed E-state index contributed by atoms with van der Waals surface area (Å²) in [5, 5.41) is 5.73. The van der Waals surface area contributed by atoms with Crippen molar-refractivity contribution in [2.75, 3.05) is 18.4 Å². The minimum atomic E-state index is -3.45. The van der Waals surface area contributed by atoms with Crippen molar-refractivity contribution >= 4 is 28.0 Å². The Morgan fingerprint density at radius 3 is 2.48 bits per heavy atom. The molecule has 1 saturated carbocycles. The van der Waals surface area contributed by atoms with E-state index in [4.69, 9.17) is 0 Å². The molecule has 1 fully saturated rings. The quantitative estimate of drug-likeness (QED) is 0.440. The number of rotatable bonds is 9. The molecule has 1 heterocycles. The van der Waals surface area contributed by atoms with Crippen LogP contribution in [0.4, 0.5) is 5.95 Å². The minimum Gasteiger partial charge on any atom is -0.352 e. The first kappa shape index (κ1) is 19.0. The maximum Gasteiger partial charge on any atom is 0.244 e. The molecule has 3 rings (SSSR count). The Labute approximate surface area is 158 Å². The van der Waals surface area contributed by atoms with Gasteiger partial charge in [-0.3, -0.25) is 4.79 Å². The van der Waals surface area contributed by atoms with E-state index in [1.165, 1.54) is 18.2 Å². The van der Waals surface area contributed by atoms with E-state index in [1.807, 2.05) is 0 Å². The molecule has 1 aliphatic carbocycles. The van der Waals surface area contributed by atoms with Gasteiger partial charge in [0, 0.05) is 37.6 Å². The number of hydrogen-bond donors (Lipinski definition) is 3. The molecule has 1 amide bonds. The molecule has 2 aromatic rings. The fourth-order valence-electron chi connectivity index (χ4n) is 2.23. The zero-order valence-corrected chi connectivity index (χ0v) is 15.4. The lowest BCUT2D eigenvalue weighted by Gasteiger charge is -2.05. The summed E-state index contributed by atoms with van der Waals surface area (Å²) in [6.45, 7) is 0.926. The number of carbonyl (C=O) groups excluding carboxylic acids is 1. The Bertz CT molecular complexity index is 894. The van der Waals surface area contributed by atoms with Gasteiger partial charge in [-0.05, 0) is 42.7 Å². The topological polar surface area (TPSA) is 113 Å². The third kappa shape index (κ3) is 6.15. The van der Waals surface area contributed by atoms with E-state index in [-0.39, 0.29) is 16.8 Å². The van der Waals surface area contributed by atoms with Crippen molar-refractivity contribution in [1.82, 2.24) is 20.0 Å². The highest BCUT2D eigenvalue weighted by atomic mass is 32.2. The summed E-state index contributed by atoms with van der Waals surface area (Å²) in [7, 11) is -3.45. The Hall–Kier alpha value is -2.78. The van der Waals surface area contributed by atoms with Crippen LogP contribution in [0.15, 0.2) is 53.7 Å². The summed E-state index contributed by atoms with van der Waals surface area (Å²) < 4.78 is 26.8. The van der Waals surface area contributed by atoms with Gasteiger partial charge in [0.25, 0.3) is 0 Å². The predicted octanol–water partition coefficient (Wildman–Crippen LogP) is 1.16. The normalized spacial score (nSPS) is 14.2. The van der Waals surface area contributed by atoms with Crippen LogP contribution in [0.2, 0.25) is 0 Å². The molecule has 3 N–H and O–H groups in total. The van der Waals surface area contributed by atoms with Crippen LogP contribution >= 0.6 is 0 Å². The van der Waals surface area contributed by atoms with Crippen LogP contribution in [0, 0.1) is 0 Å². The van der Waals surface area contributed by atoms with Crippen molar-refractivity contribution in [3.05, 3.63) is 54.4 Å². The second-order valence-corrected chi connectivity index (χ2v) is 7.80. The molecule has 8 nitrogen and oxygen atoms in total. The maximum absolute atomic E-state index is 12.1. The van der Waals surface area contributed by atoms with Crippen LogP contribution in [0.3, 0.4) is 0 Å². The highest BCUT2D eigenvalue weighted by Crippen LogP contribution is 2.22. The third-order valence-electron chi connectivity index (χ3n) is 3.79. The fourth-order valence-corrected chi connectivity index (χ4v) is 3.53. The molecule has 1 aromatic carbocycles. The summed E-state index contributed by atoms with van der Waals surface area (Å²) in [5.41, 5.74) is 0.742. The smallest absolute Gasteiger partial charge is 0.244 e. The van der Waals surface area contributed by atoms with Crippen molar-refractivity contribution < 1.29 is 13.2 Å². The summed E-state index contributed by atoms with van der Waals surface area (Å²) in [6, 6.07) is 8.20. The van der Waals surface area contributed by atoms with Crippen LogP contribution in [0.25, 0.3) is 6.08 Å². The first-order chi connectivity index (χ1) is 13.0. The average molecular weight is 387 g/mol. The molecular formula is C18H21N5O3S. The Morgan fingerprint density at radius 2 is 1.81 bits per heavy atom. The molecule has 0 saturated heterocycles. The molecule has 1 aliphatic rings. The number of anilines is 1. The van der Waals surface area contributed by atoms with Crippen LogP contribution in [0.5, 0.6) is 0 Å². The van der Waals surface area contributed by atoms with Crippen molar-refractivity contribution in [3.63, 3.8) is 0 Å². The molecule has 0 atom stereocenters. The molecular weight excluding hydrogens is 366 g/mol. The van der Waals surface area contributed by atoms with Gasteiger partial charge in [-0.2, -0.15) is 0 Å². The van der Waals surface area contributed by atoms with Crippen LogP contribution < -0.4 is 15.4 Å². The van der Waals surface area contributed by atoms with Crippen molar-refractivity contribution in [1.29, 1.82) is 0 Å². The number of carbonyl (C=O) groups is 1. The van der Waals surface area contributed by atoms with Gasteiger partial charge in [-0.15, -0.1) is 0 Å². The van der Waals surface area contributed by atoms with Gasteiger partial charge in [0.2, 0.25) is 21.9 Å². The van der Waals surface area contributed by atoms with Crippen molar-refractivity contribution in [2.24, 2.45) is 0 Å². The average Bonchev–Trinajstić information content (AvgIpc) is 3.48. The van der Waals surface area contributed by atoms with Gasteiger partial charge in [0.15, 0.2) is 0 Å². The van der Waals surface area contributed by atoms with Crippen LogP contribution in [-0.2, 0) is 14.8 Å². The fraction of sp³-hybridized carbons (Fsp3) is 0.278. The van der Waals surface area contributed by atoms with Crippen LogP contribution in [0.1, 0.15) is 18.4 Å². The zero-order valence-electron chi connectivity index (χ0n) is 14.6. The van der Waals surface area contributed by atoms with E-state index >= 15 is 0 Å². The second-order valence-electron chi connectivity index (χ2n) is 6.09. The standard InChI is InChI=1S/C18H21N5O3S/c24-17(19-12-13-22-18-20-10-1-11-21-18)9-4-14-2-7-16(8-3-14)27(25,26)23-15-5-6-15/h1-4,7-11,15,23H,5-6,12-13H2,(H,19,24)(H,20,21,22)/b9-4+. The molecule has 0 spiro atoms. The van der Waals surface area contributed by atoms with Crippen molar-refractivity contribution in [2.45, 2.75) is 23.8 Å². The largest absolute Gasteiger partial charge is 0.352 e. The molecule has 0 radical (unpaired) electrons. The summed E-state index contributed by atoms with van der Waals surface area (Å²) in [5.74, 6) is 0.270. The van der Waals surface area contributed by atoms with Gasteiger partial charge in [-0.1, -0.05) is 12.1 Å². The van der Waals surface area contributed by atoms with E-state index in [0.29, 0.717) is 19.0 Å². The van der Waals surface area contributed by atoms with Gasteiger partial charge in [-0.25, -0.2) is 23.1 Å². The first-order valence-corrected chi connectivity index (χ1v) is 10.1. The van der Waals surface area contributed by atoms with E-state index in [0.717, 1.165) is 18.4 Å². The highest BCUT2D eigenvalue weighted by Gasteiger charge is 2.27. The van der Waals surface area contributed by atoms with E-state index in [1.54, 1.807) is 36.7 Å². The summed E-state index contributed by atoms with van der Waals surface area (Å²) in [6.07, 6.45) is 8.09. The number of nitrogens with zero attached hydrogens (tertiary/aromatic N) is 2. The second kappa shape index (κ2) is 8.74. The molecule has 9 heteroatoms. The maximum atomic E-state index is 12.1. The van der Waals surface area contributed by atoms with Gasteiger partial charge >= 0.3 is 0 Å².